The van der Waals surface area contributed by atoms with E-state index in [0.29, 0.717) is 11.3 Å². The van der Waals surface area contributed by atoms with Crippen LogP contribution in [0.25, 0.3) is 0 Å². The predicted molar refractivity (Wildman–Crippen MR) is 89.8 cm³/mol. The van der Waals surface area contributed by atoms with Crippen LogP contribution in [0, 0.1) is 0 Å². The first-order valence-corrected chi connectivity index (χ1v) is 8.37. The average molecular weight is 396 g/mol. The van der Waals surface area contributed by atoms with Gasteiger partial charge in [0.1, 0.15) is 6.54 Å². The fourth-order valence-corrected chi connectivity index (χ4v) is 3.07. The Labute approximate surface area is 148 Å². The van der Waals surface area contributed by atoms with E-state index in [2.05, 4.69) is 21.2 Å². The highest BCUT2D eigenvalue weighted by Gasteiger charge is 2.44. The molecular formula is C16H18BrN3O4. The Kier molecular flexibility index (Phi) is 5.71. The third-order valence-corrected chi connectivity index (χ3v) is 4.36. The van der Waals surface area contributed by atoms with Crippen LogP contribution in [0.2, 0.25) is 0 Å². The Hall–Kier alpha value is -2.22. The molecule has 7 nitrogen and oxygen atoms in total. The highest BCUT2D eigenvalue weighted by atomic mass is 79.9. The van der Waals surface area contributed by atoms with Gasteiger partial charge in [-0.3, -0.25) is 19.3 Å². The zero-order valence-corrected chi connectivity index (χ0v) is 15.0. The monoisotopic (exact) mass is 395 g/mol. The van der Waals surface area contributed by atoms with Crippen molar-refractivity contribution in [2.75, 3.05) is 13.1 Å². The van der Waals surface area contributed by atoms with Crippen molar-refractivity contribution < 1.29 is 19.2 Å². The number of amides is 5. The van der Waals surface area contributed by atoms with Gasteiger partial charge in [-0.15, -0.1) is 0 Å². The second kappa shape index (κ2) is 7.57. The van der Waals surface area contributed by atoms with Crippen LogP contribution in [0.1, 0.15) is 31.9 Å². The van der Waals surface area contributed by atoms with Crippen molar-refractivity contribution in [1.82, 2.24) is 15.1 Å². The van der Waals surface area contributed by atoms with E-state index in [4.69, 9.17) is 0 Å². The van der Waals surface area contributed by atoms with E-state index in [1.54, 1.807) is 13.8 Å². The van der Waals surface area contributed by atoms with Crippen LogP contribution in [-0.2, 0) is 14.4 Å². The molecule has 1 aliphatic heterocycles. The van der Waals surface area contributed by atoms with Gasteiger partial charge in [0, 0.05) is 11.0 Å². The van der Waals surface area contributed by atoms with Crippen molar-refractivity contribution in [2.45, 2.75) is 26.3 Å². The molecule has 1 N–H and O–H groups in total. The maximum Gasteiger partial charge on any atom is 0.334 e. The summed E-state index contributed by atoms with van der Waals surface area (Å²) in [6.45, 7) is 3.27. The van der Waals surface area contributed by atoms with Gasteiger partial charge in [-0.25, -0.2) is 9.69 Å². The molecule has 1 heterocycles. The summed E-state index contributed by atoms with van der Waals surface area (Å²) in [4.78, 5) is 49.4. The molecule has 0 bridgehead atoms. The van der Waals surface area contributed by atoms with E-state index in [1.165, 1.54) is 0 Å². The fraction of sp³-hybridized carbons (Fsp3) is 0.375. The minimum atomic E-state index is -0.961. The second-order valence-electron chi connectivity index (χ2n) is 5.44. The van der Waals surface area contributed by atoms with Crippen LogP contribution in [0.15, 0.2) is 28.7 Å². The maximum absolute atomic E-state index is 12.2. The summed E-state index contributed by atoms with van der Waals surface area (Å²) in [5.74, 6) is -2.35. The van der Waals surface area contributed by atoms with Gasteiger partial charge < -0.3 is 5.32 Å². The van der Waals surface area contributed by atoms with E-state index in [9.17, 15) is 19.2 Å². The summed E-state index contributed by atoms with van der Waals surface area (Å²) >= 11 is 3.41. The molecule has 1 atom stereocenters. The van der Waals surface area contributed by atoms with E-state index in [0.717, 1.165) is 14.9 Å². The molecule has 1 aliphatic rings. The first-order valence-electron chi connectivity index (χ1n) is 7.58. The third kappa shape index (κ3) is 3.64. The van der Waals surface area contributed by atoms with Crippen LogP contribution < -0.4 is 5.32 Å². The Bertz CT molecular complexity index is 692. The summed E-state index contributed by atoms with van der Waals surface area (Å²) in [7, 11) is 0. The molecule has 2 rings (SSSR count). The van der Waals surface area contributed by atoms with Gasteiger partial charge in [0.05, 0.1) is 6.04 Å². The van der Waals surface area contributed by atoms with Crippen molar-refractivity contribution in [2.24, 2.45) is 0 Å². The predicted octanol–water partition coefficient (Wildman–Crippen LogP) is 1.83. The van der Waals surface area contributed by atoms with Crippen LogP contribution in [0.4, 0.5) is 4.79 Å². The topological polar surface area (TPSA) is 86.8 Å². The minimum absolute atomic E-state index is 0.162. The first-order chi connectivity index (χ1) is 11.4. The van der Waals surface area contributed by atoms with E-state index in [1.807, 2.05) is 24.3 Å². The molecule has 1 saturated heterocycles. The number of rotatable bonds is 6. The Morgan fingerprint density at radius 2 is 1.79 bits per heavy atom. The number of carbonyl (C=O) groups excluding carboxylic acids is 4. The number of benzene rings is 1. The molecule has 128 valence electrons. The van der Waals surface area contributed by atoms with Gasteiger partial charge in [-0.05, 0) is 25.0 Å². The summed E-state index contributed by atoms with van der Waals surface area (Å²) in [5, 5.41) is 2.72. The zero-order valence-electron chi connectivity index (χ0n) is 13.4. The van der Waals surface area contributed by atoms with Crippen LogP contribution in [0.3, 0.4) is 0 Å². The van der Waals surface area contributed by atoms with Gasteiger partial charge >= 0.3 is 17.8 Å². The van der Waals surface area contributed by atoms with Crippen molar-refractivity contribution in [3.8, 4) is 0 Å². The third-order valence-electron chi connectivity index (χ3n) is 3.63. The lowest BCUT2D eigenvalue weighted by atomic mass is 10.1. The molecule has 0 unspecified atom stereocenters. The number of imide groups is 2. The highest BCUT2D eigenvalue weighted by Crippen LogP contribution is 2.22. The molecule has 24 heavy (non-hydrogen) atoms. The quantitative estimate of drug-likeness (QED) is 0.587. The Morgan fingerprint density at radius 3 is 2.42 bits per heavy atom. The molecular weight excluding hydrogens is 378 g/mol. The maximum atomic E-state index is 12.2. The van der Waals surface area contributed by atoms with Crippen molar-refractivity contribution >= 4 is 39.7 Å². The van der Waals surface area contributed by atoms with Crippen molar-refractivity contribution in [3.05, 3.63) is 34.3 Å². The van der Waals surface area contributed by atoms with E-state index >= 15 is 0 Å². The number of carbonyl (C=O) groups is 4. The minimum Gasteiger partial charge on any atom is -0.348 e. The number of halogens is 1. The molecule has 0 radical (unpaired) electrons. The van der Waals surface area contributed by atoms with Gasteiger partial charge in [0.2, 0.25) is 5.91 Å². The van der Waals surface area contributed by atoms with Crippen LogP contribution >= 0.6 is 15.9 Å². The summed E-state index contributed by atoms with van der Waals surface area (Å²) < 4.78 is 0.843. The van der Waals surface area contributed by atoms with Gasteiger partial charge in [-0.1, -0.05) is 41.1 Å². The fourth-order valence-electron chi connectivity index (χ4n) is 2.45. The van der Waals surface area contributed by atoms with Gasteiger partial charge in [0.15, 0.2) is 0 Å². The highest BCUT2D eigenvalue weighted by molar-refractivity contribution is 9.10. The molecule has 1 fully saturated rings. The average Bonchev–Trinajstić information content (AvgIpc) is 2.73. The van der Waals surface area contributed by atoms with E-state index < -0.39 is 30.3 Å². The lowest BCUT2D eigenvalue weighted by Gasteiger charge is -2.18. The first kappa shape index (κ1) is 18.1. The van der Waals surface area contributed by atoms with Crippen LogP contribution in [-0.4, -0.2) is 46.6 Å². The standard InChI is InChI=1S/C16H18BrN3O4/c1-3-8-19-14(22)15(23)20(16(19)24)9-13(21)18-10(2)11-6-4-5-7-12(11)17/h4-7,10H,3,8-9H2,1-2H3,(H,18,21)/t10-/m0/s1. The molecule has 1 aromatic rings. The normalized spacial score (nSPS) is 15.9. The van der Waals surface area contributed by atoms with E-state index in [-0.39, 0.29) is 12.6 Å². The number of nitrogens with one attached hydrogen (secondary N) is 1. The number of urea groups is 1. The summed E-state index contributed by atoms with van der Waals surface area (Å²) in [6.07, 6.45) is 0.546. The Morgan fingerprint density at radius 1 is 1.17 bits per heavy atom. The smallest absolute Gasteiger partial charge is 0.334 e. The molecule has 1 aromatic carbocycles. The second-order valence-corrected chi connectivity index (χ2v) is 6.30. The molecule has 5 amide bonds. The Balaban J connectivity index is 2.02. The zero-order chi connectivity index (χ0) is 17.9. The molecule has 0 aromatic heterocycles. The summed E-state index contributed by atoms with van der Waals surface area (Å²) in [6, 6.07) is 6.36. The van der Waals surface area contributed by atoms with Crippen LogP contribution in [0.5, 0.6) is 0 Å². The SMILES string of the molecule is CCCN1C(=O)C(=O)N(CC(=O)N[C@@H](C)c2ccccc2Br)C1=O. The number of nitrogens with zero attached hydrogens (tertiary/aromatic N) is 2. The summed E-state index contributed by atoms with van der Waals surface area (Å²) in [5.41, 5.74) is 0.869. The largest absolute Gasteiger partial charge is 0.348 e. The molecule has 0 spiro atoms. The van der Waals surface area contributed by atoms with Crippen molar-refractivity contribution in [1.29, 1.82) is 0 Å². The molecule has 0 saturated carbocycles. The van der Waals surface area contributed by atoms with Crippen molar-refractivity contribution in [3.63, 3.8) is 0 Å². The van der Waals surface area contributed by atoms with Gasteiger partial charge in [0.25, 0.3) is 0 Å². The lowest BCUT2D eigenvalue weighted by molar-refractivity contribution is -0.144. The molecule has 0 aliphatic carbocycles. The number of hydrogen-bond acceptors (Lipinski definition) is 4. The molecule has 8 heteroatoms. The lowest BCUT2D eigenvalue weighted by Crippen LogP contribution is -2.42. The van der Waals surface area contributed by atoms with Gasteiger partial charge in [-0.2, -0.15) is 0 Å². The number of hydrogen-bond donors (Lipinski definition) is 1.